The second kappa shape index (κ2) is 6.40. The van der Waals surface area contributed by atoms with Crippen molar-refractivity contribution in [3.05, 3.63) is 23.9 Å². The molecule has 16 heavy (non-hydrogen) atoms. The number of hydrogen-bond donors (Lipinski definition) is 1. The monoisotopic (exact) mass is 228 g/mol. The van der Waals surface area contributed by atoms with E-state index in [1.54, 1.807) is 0 Å². The molecular formula is C12H18F2N2. The zero-order chi connectivity index (χ0) is 12.0. The average Bonchev–Trinajstić information content (AvgIpc) is 2.23. The summed E-state index contributed by atoms with van der Waals surface area (Å²) in [6.07, 6.45) is 5.42. The van der Waals surface area contributed by atoms with Gasteiger partial charge in [0.2, 0.25) is 0 Å². The van der Waals surface area contributed by atoms with Crippen LogP contribution in [0.5, 0.6) is 0 Å². The Morgan fingerprint density at radius 2 is 2.12 bits per heavy atom. The SMILES string of the molecule is CCCCCC(C)Nc1ncc(F)cc1F. The third-order valence-corrected chi connectivity index (χ3v) is 2.43. The van der Waals surface area contributed by atoms with Crippen LogP contribution in [-0.2, 0) is 0 Å². The van der Waals surface area contributed by atoms with Gasteiger partial charge in [0, 0.05) is 12.1 Å². The molecular weight excluding hydrogens is 210 g/mol. The number of hydrogen-bond acceptors (Lipinski definition) is 2. The molecule has 0 spiro atoms. The molecule has 4 heteroatoms. The summed E-state index contributed by atoms with van der Waals surface area (Å²) in [4.78, 5) is 3.68. The molecule has 1 aromatic heterocycles. The van der Waals surface area contributed by atoms with Gasteiger partial charge in [0.15, 0.2) is 11.6 Å². The Balaban J connectivity index is 2.46. The smallest absolute Gasteiger partial charge is 0.168 e. The second-order valence-corrected chi connectivity index (χ2v) is 4.03. The van der Waals surface area contributed by atoms with Crippen molar-refractivity contribution in [1.82, 2.24) is 4.98 Å². The van der Waals surface area contributed by atoms with Crippen LogP contribution in [0.25, 0.3) is 0 Å². The van der Waals surface area contributed by atoms with Crippen molar-refractivity contribution in [1.29, 1.82) is 0 Å². The maximum Gasteiger partial charge on any atom is 0.168 e. The largest absolute Gasteiger partial charge is 0.365 e. The van der Waals surface area contributed by atoms with E-state index in [9.17, 15) is 8.78 Å². The van der Waals surface area contributed by atoms with Crippen LogP contribution in [0.3, 0.4) is 0 Å². The number of unbranched alkanes of at least 4 members (excludes halogenated alkanes) is 2. The van der Waals surface area contributed by atoms with Crippen molar-refractivity contribution < 1.29 is 8.78 Å². The van der Waals surface area contributed by atoms with Gasteiger partial charge in [-0.05, 0) is 13.3 Å². The first-order valence-corrected chi connectivity index (χ1v) is 5.71. The summed E-state index contributed by atoms with van der Waals surface area (Å²) in [5.74, 6) is -1.16. The molecule has 1 atom stereocenters. The quantitative estimate of drug-likeness (QED) is 0.750. The molecule has 90 valence electrons. The Morgan fingerprint density at radius 3 is 2.75 bits per heavy atom. The highest BCUT2D eigenvalue weighted by Gasteiger charge is 2.08. The van der Waals surface area contributed by atoms with E-state index in [1.807, 2.05) is 6.92 Å². The first-order valence-electron chi connectivity index (χ1n) is 5.71. The average molecular weight is 228 g/mol. The number of nitrogens with zero attached hydrogens (tertiary/aromatic N) is 1. The normalized spacial score (nSPS) is 12.5. The molecule has 1 unspecified atom stereocenters. The van der Waals surface area contributed by atoms with Crippen LogP contribution in [0.2, 0.25) is 0 Å². The summed E-state index contributed by atoms with van der Waals surface area (Å²) >= 11 is 0. The van der Waals surface area contributed by atoms with Gasteiger partial charge in [0.25, 0.3) is 0 Å². The minimum atomic E-state index is -0.651. The molecule has 0 aromatic carbocycles. The van der Waals surface area contributed by atoms with Crippen molar-refractivity contribution in [2.75, 3.05) is 5.32 Å². The number of halogens is 2. The van der Waals surface area contributed by atoms with E-state index in [0.717, 1.165) is 31.5 Å². The molecule has 1 N–H and O–H groups in total. The lowest BCUT2D eigenvalue weighted by Gasteiger charge is -2.14. The van der Waals surface area contributed by atoms with Gasteiger partial charge >= 0.3 is 0 Å². The number of nitrogens with one attached hydrogen (secondary N) is 1. The van der Waals surface area contributed by atoms with Gasteiger partial charge in [-0.25, -0.2) is 13.8 Å². The number of anilines is 1. The Hall–Kier alpha value is -1.19. The zero-order valence-corrected chi connectivity index (χ0v) is 9.76. The van der Waals surface area contributed by atoms with Gasteiger partial charge < -0.3 is 5.32 Å². The maximum absolute atomic E-state index is 13.2. The Kier molecular flexibility index (Phi) is 5.15. The minimum absolute atomic E-state index is 0.130. The maximum atomic E-state index is 13.2. The third-order valence-electron chi connectivity index (χ3n) is 2.43. The first kappa shape index (κ1) is 12.9. The van der Waals surface area contributed by atoms with Gasteiger partial charge in [-0.15, -0.1) is 0 Å². The molecule has 0 saturated heterocycles. The highest BCUT2D eigenvalue weighted by molar-refractivity contribution is 5.36. The van der Waals surface area contributed by atoms with Crippen LogP contribution in [0.15, 0.2) is 12.3 Å². The lowest BCUT2D eigenvalue weighted by Crippen LogP contribution is -2.17. The van der Waals surface area contributed by atoms with E-state index in [0.29, 0.717) is 0 Å². The summed E-state index contributed by atoms with van der Waals surface area (Å²) in [7, 11) is 0. The molecule has 0 aliphatic carbocycles. The predicted octanol–water partition coefficient (Wildman–Crippen LogP) is 3.74. The van der Waals surface area contributed by atoms with Crippen LogP contribution < -0.4 is 5.32 Å². The van der Waals surface area contributed by atoms with Gasteiger partial charge in [0.05, 0.1) is 6.20 Å². The number of rotatable bonds is 6. The molecule has 0 aliphatic rings. The summed E-state index contributed by atoms with van der Waals surface area (Å²) in [5, 5.41) is 2.94. The van der Waals surface area contributed by atoms with Crippen LogP contribution in [0.1, 0.15) is 39.5 Å². The Labute approximate surface area is 95.1 Å². The number of pyridine rings is 1. The Morgan fingerprint density at radius 1 is 1.38 bits per heavy atom. The van der Waals surface area contributed by atoms with E-state index in [1.165, 1.54) is 6.42 Å². The highest BCUT2D eigenvalue weighted by atomic mass is 19.1. The fourth-order valence-corrected chi connectivity index (χ4v) is 1.53. The van der Waals surface area contributed by atoms with Crippen LogP contribution >= 0.6 is 0 Å². The van der Waals surface area contributed by atoms with Gasteiger partial charge in [-0.3, -0.25) is 0 Å². The van der Waals surface area contributed by atoms with Crippen LogP contribution in [0.4, 0.5) is 14.6 Å². The second-order valence-electron chi connectivity index (χ2n) is 4.03. The van der Waals surface area contributed by atoms with Crippen molar-refractivity contribution in [3.63, 3.8) is 0 Å². The summed E-state index contributed by atoms with van der Waals surface area (Å²) in [6, 6.07) is 0.993. The predicted molar refractivity (Wildman–Crippen MR) is 61.4 cm³/mol. The summed E-state index contributed by atoms with van der Waals surface area (Å²) in [6.45, 7) is 4.11. The van der Waals surface area contributed by atoms with Crippen molar-refractivity contribution in [2.24, 2.45) is 0 Å². The molecule has 1 heterocycles. The van der Waals surface area contributed by atoms with E-state index in [2.05, 4.69) is 17.2 Å². The van der Waals surface area contributed by atoms with Crippen molar-refractivity contribution >= 4 is 5.82 Å². The molecule has 0 bridgehead atoms. The molecule has 1 aromatic rings. The first-order chi connectivity index (χ1) is 7.63. The topological polar surface area (TPSA) is 24.9 Å². The van der Waals surface area contributed by atoms with E-state index < -0.39 is 11.6 Å². The van der Waals surface area contributed by atoms with Gasteiger partial charge in [0.1, 0.15) is 5.82 Å². The fraction of sp³-hybridized carbons (Fsp3) is 0.583. The van der Waals surface area contributed by atoms with E-state index >= 15 is 0 Å². The molecule has 0 amide bonds. The van der Waals surface area contributed by atoms with Crippen molar-refractivity contribution in [3.8, 4) is 0 Å². The molecule has 0 aliphatic heterocycles. The Bertz CT molecular complexity index is 329. The zero-order valence-electron chi connectivity index (χ0n) is 9.76. The third kappa shape index (κ3) is 4.13. The van der Waals surface area contributed by atoms with Gasteiger partial charge in [-0.1, -0.05) is 26.2 Å². The number of aromatic nitrogens is 1. The molecule has 2 nitrogen and oxygen atoms in total. The molecule has 0 saturated carbocycles. The standard InChI is InChI=1S/C12H18F2N2/c1-3-4-5-6-9(2)16-12-11(14)7-10(13)8-15-12/h7-9H,3-6H2,1-2H3,(H,15,16). The fourth-order valence-electron chi connectivity index (χ4n) is 1.53. The molecule has 1 rings (SSSR count). The van der Waals surface area contributed by atoms with E-state index in [-0.39, 0.29) is 11.9 Å². The summed E-state index contributed by atoms with van der Waals surface area (Å²) < 4.78 is 25.8. The minimum Gasteiger partial charge on any atom is -0.365 e. The highest BCUT2D eigenvalue weighted by Crippen LogP contribution is 2.14. The van der Waals surface area contributed by atoms with Crippen molar-refractivity contribution in [2.45, 2.75) is 45.6 Å². The lowest BCUT2D eigenvalue weighted by molar-refractivity contribution is 0.567. The van der Waals surface area contributed by atoms with Gasteiger partial charge in [-0.2, -0.15) is 0 Å². The van der Waals surface area contributed by atoms with E-state index in [4.69, 9.17) is 0 Å². The van der Waals surface area contributed by atoms with Crippen LogP contribution in [-0.4, -0.2) is 11.0 Å². The lowest BCUT2D eigenvalue weighted by atomic mass is 10.1. The van der Waals surface area contributed by atoms with Crippen LogP contribution in [0, 0.1) is 11.6 Å². The molecule has 0 fully saturated rings. The summed E-state index contributed by atoms with van der Waals surface area (Å²) in [5.41, 5.74) is 0. The molecule has 0 radical (unpaired) electrons.